The minimum atomic E-state index is -0.345. The van der Waals surface area contributed by atoms with Gasteiger partial charge < -0.3 is 15.0 Å². The number of para-hydroxylation sites is 1. The molecule has 0 bridgehead atoms. The number of halogens is 1. The SMILES string of the molecule is Cc1cccc(C)c1NC(=O)CSc1nnc(N2CCOCC2)n1-c1cccc(F)c1. The van der Waals surface area contributed by atoms with Gasteiger partial charge in [-0.25, -0.2) is 4.39 Å². The molecule has 1 aromatic heterocycles. The summed E-state index contributed by atoms with van der Waals surface area (Å²) >= 11 is 1.27. The lowest BCUT2D eigenvalue weighted by atomic mass is 10.1. The van der Waals surface area contributed by atoms with Crippen molar-refractivity contribution in [2.45, 2.75) is 19.0 Å². The van der Waals surface area contributed by atoms with Crippen LogP contribution in [0.25, 0.3) is 5.69 Å². The molecule has 0 aliphatic carbocycles. The van der Waals surface area contributed by atoms with Crippen LogP contribution in [0.15, 0.2) is 47.6 Å². The monoisotopic (exact) mass is 441 g/mol. The Bertz CT molecular complexity index is 1060. The number of hydrogen-bond donors (Lipinski definition) is 1. The summed E-state index contributed by atoms with van der Waals surface area (Å²) in [6.45, 7) is 6.46. The second-order valence-corrected chi connectivity index (χ2v) is 8.24. The molecule has 0 spiro atoms. The highest BCUT2D eigenvalue weighted by Crippen LogP contribution is 2.28. The van der Waals surface area contributed by atoms with Gasteiger partial charge in [-0.1, -0.05) is 36.0 Å². The van der Waals surface area contributed by atoms with Crippen LogP contribution in [0.5, 0.6) is 0 Å². The highest BCUT2D eigenvalue weighted by molar-refractivity contribution is 7.99. The van der Waals surface area contributed by atoms with Crippen molar-refractivity contribution in [2.75, 3.05) is 42.3 Å². The molecule has 1 N–H and O–H groups in total. The first-order valence-corrected chi connectivity index (χ1v) is 11.0. The number of anilines is 2. The van der Waals surface area contributed by atoms with E-state index in [4.69, 9.17) is 4.74 Å². The van der Waals surface area contributed by atoms with Gasteiger partial charge in [0.1, 0.15) is 5.82 Å². The van der Waals surface area contributed by atoms with Crippen molar-refractivity contribution in [3.8, 4) is 5.69 Å². The van der Waals surface area contributed by atoms with Gasteiger partial charge in [0.25, 0.3) is 0 Å². The van der Waals surface area contributed by atoms with Crippen molar-refractivity contribution in [1.29, 1.82) is 0 Å². The average molecular weight is 442 g/mol. The number of carbonyl (C=O) groups excluding carboxylic acids is 1. The lowest BCUT2D eigenvalue weighted by Crippen LogP contribution is -2.37. The number of amides is 1. The highest BCUT2D eigenvalue weighted by Gasteiger charge is 2.22. The van der Waals surface area contributed by atoms with Gasteiger partial charge in [0, 0.05) is 18.8 Å². The Kier molecular flexibility index (Phi) is 6.53. The number of aryl methyl sites for hydroxylation is 2. The number of ether oxygens (including phenoxy) is 1. The molecule has 3 aromatic rings. The molecule has 1 fully saturated rings. The minimum Gasteiger partial charge on any atom is -0.378 e. The van der Waals surface area contributed by atoms with Crippen molar-refractivity contribution in [2.24, 2.45) is 0 Å². The largest absolute Gasteiger partial charge is 0.378 e. The third-order valence-corrected chi connectivity index (χ3v) is 5.98. The number of nitrogens with zero attached hydrogens (tertiary/aromatic N) is 4. The fraction of sp³-hybridized carbons (Fsp3) is 0.318. The standard InChI is InChI=1S/C22H24FN5O2S/c1-15-5-3-6-16(2)20(15)24-19(29)14-31-22-26-25-21(27-9-11-30-12-10-27)28(22)18-8-4-7-17(23)13-18/h3-8,13H,9-12,14H2,1-2H3,(H,24,29). The summed E-state index contributed by atoms with van der Waals surface area (Å²) in [5.74, 6) is 0.295. The Labute approximate surface area is 184 Å². The summed E-state index contributed by atoms with van der Waals surface area (Å²) in [5.41, 5.74) is 3.46. The average Bonchev–Trinajstić information content (AvgIpc) is 3.20. The molecule has 0 unspecified atom stereocenters. The maximum absolute atomic E-state index is 13.9. The molecule has 31 heavy (non-hydrogen) atoms. The third-order valence-electron chi connectivity index (χ3n) is 5.05. The first-order valence-electron chi connectivity index (χ1n) is 10.1. The van der Waals surface area contributed by atoms with E-state index in [1.807, 2.05) is 32.0 Å². The molecule has 0 atom stereocenters. The van der Waals surface area contributed by atoms with Gasteiger partial charge in [0.15, 0.2) is 5.16 Å². The quantitative estimate of drug-likeness (QED) is 0.590. The van der Waals surface area contributed by atoms with E-state index >= 15 is 0 Å². The second kappa shape index (κ2) is 9.49. The van der Waals surface area contributed by atoms with Crippen LogP contribution >= 0.6 is 11.8 Å². The maximum atomic E-state index is 13.9. The van der Waals surface area contributed by atoms with Gasteiger partial charge in [-0.05, 0) is 43.2 Å². The van der Waals surface area contributed by atoms with Crippen LogP contribution in [-0.2, 0) is 9.53 Å². The summed E-state index contributed by atoms with van der Waals surface area (Å²) in [5, 5.41) is 12.2. The molecule has 7 nitrogen and oxygen atoms in total. The number of hydrogen-bond acceptors (Lipinski definition) is 6. The number of rotatable bonds is 6. The van der Waals surface area contributed by atoms with E-state index in [0.29, 0.717) is 43.1 Å². The van der Waals surface area contributed by atoms with Crippen LogP contribution in [0.2, 0.25) is 0 Å². The van der Waals surface area contributed by atoms with E-state index in [1.54, 1.807) is 16.7 Å². The van der Waals surface area contributed by atoms with Crippen LogP contribution in [0.1, 0.15) is 11.1 Å². The first-order chi connectivity index (χ1) is 15.0. The third kappa shape index (κ3) is 4.88. The molecule has 1 aliphatic rings. The Morgan fingerprint density at radius 2 is 1.84 bits per heavy atom. The van der Waals surface area contributed by atoms with E-state index in [-0.39, 0.29) is 17.5 Å². The van der Waals surface area contributed by atoms with Crippen molar-refractivity contribution < 1.29 is 13.9 Å². The molecule has 1 amide bonds. The van der Waals surface area contributed by atoms with E-state index in [0.717, 1.165) is 16.8 Å². The zero-order chi connectivity index (χ0) is 21.8. The molecule has 2 aromatic carbocycles. The van der Waals surface area contributed by atoms with Crippen molar-refractivity contribution in [3.05, 3.63) is 59.4 Å². The van der Waals surface area contributed by atoms with Gasteiger partial charge in [-0.15, -0.1) is 10.2 Å². The summed E-state index contributed by atoms with van der Waals surface area (Å²) in [6.07, 6.45) is 0. The van der Waals surface area contributed by atoms with E-state index in [1.165, 1.54) is 23.9 Å². The van der Waals surface area contributed by atoms with E-state index in [9.17, 15) is 9.18 Å². The minimum absolute atomic E-state index is 0.135. The molecule has 0 saturated carbocycles. The molecular weight excluding hydrogens is 417 g/mol. The second-order valence-electron chi connectivity index (χ2n) is 7.30. The fourth-order valence-corrected chi connectivity index (χ4v) is 4.23. The van der Waals surface area contributed by atoms with Gasteiger partial charge >= 0.3 is 0 Å². The Morgan fingerprint density at radius 1 is 1.13 bits per heavy atom. The number of benzene rings is 2. The lowest BCUT2D eigenvalue weighted by molar-refractivity contribution is -0.113. The van der Waals surface area contributed by atoms with Gasteiger partial charge in [0.05, 0.1) is 24.7 Å². The van der Waals surface area contributed by atoms with Crippen LogP contribution in [0, 0.1) is 19.7 Å². The topological polar surface area (TPSA) is 72.3 Å². The molecule has 9 heteroatoms. The maximum Gasteiger partial charge on any atom is 0.234 e. The van der Waals surface area contributed by atoms with Gasteiger partial charge in [0.2, 0.25) is 11.9 Å². The zero-order valence-corrected chi connectivity index (χ0v) is 18.3. The molecular formula is C22H24FN5O2S. The summed E-state index contributed by atoms with van der Waals surface area (Å²) in [6, 6.07) is 12.2. The molecule has 162 valence electrons. The van der Waals surface area contributed by atoms with Gasteiger partial charge in [-0.2, -0.15) is 0 Å². The first kappa shape index (κ1) is 21.3. The van der Waals surface area contributed by atoms with Gasteiger partial charge in [-0.3, -0.25) is 9.36 Å². The number of carbonyl (C=O) groups is 1. The molecule has 4 rings (SSSR count). The van der Waals surface area contributed by atoms with Crippen LogP contribution < -0.4 is 10.2 Å². The Hall–Kier alpha value is -2.91. The summed E-state index contributed by atoms with van der Waals surface area (Å²) in [7, 11) is 0. The smallest absolute Gasteiger partial charge is 0.234 e. The number of nitrogens with one attached hydrogen (secondary N) is 1. The number of thioether (sulfide) groups is 1. The Balaban J connectivity index is 1.56. The van der Waals surface area contributed by atoms with Crippen molar-refractivity contribution in [1.82, 2.24) is 14.8 Å². The Morgan fingerprint density at radius 3 is 2.55 bits per heavy atom. The molecule has 1 saturated heterocycles. The zero-order valence-electron chi connectivity index (χ0n) is 17.5. The van der Waals surface area contributed by atoms with E-state index < -0.39 is 0 Å². The summed E-state index contributed by atoms with van der Waals surface area (Å²) in [4.78, 5) is 14.7. The highest BCUT2D eigenvalue weighted by atomic mass is 32.2. The lowest BCUT2D eigenvalue weighted by Gasteiger charge is -2.27. The van der Waals surface area contributed by atoms with E-state index in [2.05, 4.69) is 20.4 Å². The number of aromatic nitrogens is 3. The number of morpholine rings is 1. The van der Waals surface area contributed by atoms with Crippen molar-refractivity contribution in [3.63, 3.8) is 0 Å². The van der Waals surface area contributed by atoms with Crippen LogP contribution in [0.4, 0.5) is 16.0 Å². The summed E-state index contributed by atoms with van der Waals surface area (Å²) < 4.78 is 21.2. The van der Waals surface area contributed by atoms with Crippen molar-refractivity contribution >= 4 is 29.3 Å². The molecule has 1 aliphatic heterocycles. The van der Waals surface area contributed by atoms with Crippen LogP contribution in [0.3, 0.4) is 0 Å². The molecule has 2 heterocycles. The fourth-order valence-electron chi connectivity index (χ4n) is 3.48. The normalized spacial score (nSPS) is 14.0. The van der Waals surface area contributed by atoms with Crippen LogP contribution in [-0.4, -0.2) is 52.7 Å². The predicted octanol–water partition coefficient (Wildman–Crippen LogP) is 3.59. The predicted molar refractivity (Wildman–Crippen MR) is 120 cm³/mol. The molecule has 0 radical (unpaired) electrons.